The molecule has 4 nitrogen and oxygen atoms in total. The number of nitrogens with one attached hydrogen (secondary N) is 2. The van der Waals surface area contributed by atoms with Crippen LogP contribution in [0.4, 0.5) is 5.82 Å². The molecular weight excluding hydrogens is 358 g/mol. The quantitative estimate of drug-likeness (QED) is 0.386. The summed E-state index contributed by atoms with van der Waals surface area (Å²) >= 11 is 0. The van der Waals surface area contributed by atoms with E-state index >= 15 is 0 Å². The van der Waals surface area contributed by atoms with E-state index in [0.717, 1.165) is 33.7 Å². The number of aromatic nitrogens is 2. The molecule has 3 aromatic carbocycles. The molecule has 0 atom stereocenters. The van der Waals surface area contributed by atoms with Gasteiger partial charge in [0.25, 0.3) is 0 Å². The summed E-state index contributed by atoms with van der Waals surface area (Å²) in [5.41, 5.74) is 4.49. The molecular formula is C25H21N3O. The monoisotopic (exact) mass is 379 g/mol. The lowest BCUT2D eigenvalue weighted by Gasteiger charge is -2.09. The van der Waals surface area contributed by atoms with Gasteiger partial charge in [-0.05, 0) is 35.4 Å². The Balaban J connectivity index is 1.29. The van der Waals surface area contributed by atoms with Crippen molar-refractivity contribution in [1.29, 1.82) is 0 Å². The Kier molecular flexibility index (Phi) is 4.59. The van der Waals surface area contributed by atoms with Crippen molar-refractivity contribution in [3.8, 4) is 5.75 Å². The van der Waals surface area contributed by atoms with Crippen LogP contribution in [-0.4, -0.2) is 9.97 Å². The number of anilines is 1. The molecule has 5 rings (SSSR count). The molecule has 0 amide bonds. The van der Waals surface area contributed by atoms with Gasteiger partial charge in [-0.1, -0.05) is 60.7 Å². The third-order valence-electron chi connectivity index (χ3n) is 5.01. The van der Waals surface area contributed by atoms with Gasteiger partial charge in [-0.25, -0.2) is 4.98 Å². The highest BCUT2D eigenvalue weighted by atomic mass is 16.5. The van der Waals surface area contributed by atoms with Crippen molar-refractivity contribution in [1.82, 2.24) is 9.97 Å². The molecule has 2 heterocycles. The number of pyridine rings is 1. The van der Waals surface area contributed by atoms with E-state index in [0.29, 0.717) is 13.2 Å². The Morgan fingerprint density at radius 1 is 0.759 bits per heavy atom. The van der Waals surface area contributed by atoms with E-state index in [1.165, 1.54) is 10.8 Å². The average molecular weight is 379 g/mol. The highest BCUT2D eigenvalue weighted by Crippen LogP contribution is 2.26. The van der Waals surface area contributed by atoms with Gasteiger partial charge in [-0.15, -0.1) is 0 Å². The van der Waals surface area contributed by atoms with Crippen LogP contribution in [0.2, 0.25) is 0 Å². The van der Waals surface area contributed by atoms with Crippen LogP contribution in [-0.2, 0) is 13.2 Å². The number of fused-ring (bicyclic) bond motifs is 3. The van der Waals surface area contributed by atoms with Gasteiger partial charge in [0.2, 0.25) is 0 Å². The average Bonchev–Trinajstić information content (AvgIpc) is 3.15. The maximum absolute atomic E-state index is 5.93. The molecule has 0 aliphatic rings. The molecule has 5 aromatic rings. The van der Waals surface area contributed by atoms with Crippen LogP contribution >= 0.6 is 0 Å². The molecule has 29 heavy (non-hydrogen) atoms. The first kappa shape index (κ1) is 17.3. The van der Waals surface area contributed by atoms with E-state index in [1.807, 2.05) is 42.6 Å². The Morgan fingerprint density at radius 2 is 1.59 bits per heavy atom. The van der Waals surface area contributed by atoms with Crippen molar-refractivity contribution in [2.45, 2.75) is 13.2 Å². The lowest BCUT2D eigenvalue weighted by Crippen LogP contribution is -2.02. The molecule has 0 unspecified atom stereocenters. The number of benzene rings is 3. The van der Waals surface area contributed by atoms with Gasteiger partial charge in [0, 0.05) is 22.8 Å². The predicted octanol–water partition coefficient (Wildman–Crippen LogP) is 5.91. The van der Waals surface area contributed by atoms with Crippen LogP contribution in [0.15, 0.2) is 91.1 Å². The van der Waals surface area contributed by atoms with Crippen LogP contribution in [0.5, 0.6) is 5.75 Å². The summed E-state index contributed by atoms with van der Waals surface area (Å²) in [5.74, 6) is 1.73. The second-order valence-corrected chi connectivity index (χ2v) is 7.06. The van der Waals surface area contributed by atoms with Crippen LogP contribution in [0.25, 0.3) is 21.8 Å². The molecule has 0 aliphatic heterocycles. The summed E-state index contributed by atoms with van der Waals surface area (Å²) in [7, 11) is 0. The van der Waals surface area contributed by atoms with Gasteiger partial charge in [0.05, 0.1) is 11.7 Å². The van der Waals surface area contributed by atoms with Gasteiger partial charge in [0.1, 0.15) is 18.2 Å². The summed E-state index contributed by atoms with van der Waals surface area (Å²) in [6.07, 6.45) is 1.89. The van der Waals surface area contributed by atoms with Crippen molar-refractivity contribution in [3.63, 3.8) is 0 Å². The minimum Gasteiger partial charge on any atom is -0.489 e. The minimum absolute atomic E-state index is 0.566. The summed E-state index contributed by atoms with van der Waals surface area (Å²) < 4.78 is 5.93. The zero-order valence-electron chi connectivity index (χ0n) is 15.9. The van der Waals surface area contributed by atoms with Gasteiger partial charge in [-0.2, -0.15) is 0 Å². The van der Waals surface area contributed by atoms with Gasteiger partial charge in [0.15, 0.2) is 0 Å². The molecule has 2 aromatic heterocycles. The van der Waals surface area contributed by atoms with Crippen LogP contribution in [0.3, 0.4) is 0 Å². The third-order valence-corrected chi connectivity index (χ3v) is 5.01. The minimum atomic E-state index is 0.566. The van der Waals surface area contributed by atoms with E-state index in [4.69, 9.17) is 4.74 Å². The molecule has 2 N–H and O–H groups in total. The summed E-state index contributed by atoms with van der Waals surface area (Å²) in [4.78, 5) is 7.95. The smallest absolute Gasteiger partial charge is 0.126 e. The Bertz CT molecular complexity index is 1260. The molecule has 0 saturated carbocycles. The zero-order valence-corrected chi connectivity index (χ0v) is 15.9. The summed E-state index contributed by atoms with van der Waals surface area (Å²) in [6.45, 7) is 1.25. The second-order valence-electron chi connectivity index (χ2n) is 7.06. The normalized spacial score (nSPS) is 11.0. The van der Waals surface area contributed by atoms with Gasteiger partial charge >= 0.3 is 0 Å². The molecule has 0 fully saturated rings. The van der Waals surface area contributed by atoms with Gasteiger partial charge in [-0.3, -0.25) is 0 Å². The first-order chi connectivity index (χ1) is 14.3. The Hall–Kier alpha value is -3.79. The predicted molar refractivity (Wildman–Crippen MR) is 118 cm³/mol. The zero-order chi connectivity index (χ0) is 19.5. The fraction of sp³-hybridized carbons (Fsp3) is 0.0800. The van der Waals surface area contributed by atoms with E-state index in [1.54, 1.807) is 0 Å². The van der Waals surface area contributed by atoms with Crippen LogP contribution < -0.4 is 10.1 Å². The van der Waals surface area contributed by atoms with Crippen molar-refractivity contribution >= 4 is 27.6 Å². The maximum Gasteiger partial charge on any atom is 0.126 e. The second kappa shape index (κ2) is 7.68. The van der Waals surface area contributed by atoms with Crippen LogP contribution in [0.1, 0.15) is 11.1 Å². The van der Waals surface area contributed by atoms with Crippen LogP contribution in [0, 0.1) is 0 Å². The largest absolute Gasteiger partial charge is 0.489 e. The van der Waals surface area contributed by atoms with E-state index in [-0.39, 0.29) is 0 Å². The van der Waals surface area contributed by atoms with Gasteiger partial charge < -0.3 is 15.0 Å². The molecule has 0 spiro atoms. The van der Waals surface area contributed by atoms with E-state index in [9.17, 15) is 0 Å². The molecule has 0 saturated heterocycles. The number of rotatable bonds is 6. The summed E-state index contributed by atoms with van der Waals surface area (Å²) in [6, 6.07) is 28.8. The standard InChI is InChI=1S/C25H21N3O/c1-2-7-18(8-3-1)17-29-20-10-6-9-19(13-20)15-26-25-14-22-21-11-4-5-12-23(21)28-24(22)16-27-25/h1-14,16,28H,15,17H2,(H,26,27). The maximum atomic E-state index is 5.93. The van der Waals surface area contributed by atoms with E-state index < -0.39 is 0 Å². The molecule has 4 heteroatoms. The first-order valence-electron chi connectivity index (χ1n) is 9.71. The highest BCUT2D eigenvalue weighted by molar-refractivity contribution is 6.07. The highest BCUT2D eigenvalue weighted by Gasteiger charge is 2.06. The summed E-state index contributed by atoms with van der Waals surface area (Å²) in [5, 5.41) is 5.82. The molecule has 0 bridgehead atoms. The fourth-order valence-electron chi connectivity index (χ4n) is 3.53. The van der Waals surface area contributed by atoms with E-state index in [2.05, 4.69) is 63.8 Å². The number of aromatic amines is 1. The first-order valence-corrected chi connectivity index (χ1v) is 9.71. The fourth-order valence-corrected chi connectivity index (χ4v) is 3.53. The number of hydrogen-bond acceptors (Lipinski definition) is 3. The molecule has 142 valence electrons. The third kappa shape index (κ3) is 3.78. The Morgan fingerprint density at radius 3 is 2.52 bits per heavy atom. The molecule has 0 radical (unpaired) electrons. The SMILES string of the molecule is c1ccc(COc2cccc(CNc3cc4c(cn3)[nH]c3ccccc34)c2)cc1. The number of H-pyrrole nitrogens is 1. The lowest BCUT2D eigenvalue weighted by molar-refractivity contribution is 0.306. The van der Waals surface area contributed by atoms with Crippen molar-refractivity contribution < 1.29 is 4.74 Å². The lowest BCUT2D eigenvalue weighted by atomic mass is 10.2. The number of ether oxygens (including phenoxy) is 1. The topological polar surface area (TPSA) is 49.9 Å². The van der Waals surface area contributed by atoms with Crippen molar-refractivity contribution in [2.24, 2.45) is 0 Å². The molecule has 0 aliphatic carbocycles. The van der Waals surface area contributed by atoms with Crippen molar-refractivity contribution in [2.75, 3.05) is 5.32 Å². The number of nitrogens with zero attached hydrogens (tertiary/aromatic N) is 1. The Labute approximate surface area is 169 Å². The number of hydrogen-bond donors (Lipinski definition) is 2. The van der Waals surface area contributed by atoms with Crippen molar-refractivity contribution in [3.05, 3.63) is 102 Å². The number of para-hydroxylation sites is 1.